The van der Waals surface area contributed by atoms with Gasteiger partial charge in [0.05, 0.1) is 18.4 Å². The number of benzene rings is 2. The van der Waals surface area contributed by atoms with Gasteiger partial charge in [-0.05, 0) is 55.8 Å². The molecule has 2 rings (SSSR count). The van der Waals surface area contributed by atoms with Gasteiger partial charge in [-0.25, -0.2) is 4.79 Å². The maximum atomic E-state index is 12.3. The molecule has 2 amide bonds. The Labute approximate surface area is 175 Å². The summed E-state index contributed by atoms with van der Waals surface area (Å²) in [6, 6.07) is 14.1. The lowest BCUT2D eigenvalue weighted by Crippen LogP contribution is -2.30. The Morgan fingerprint density at radius 1 is 1.00 bits per heavy atom. The van der Waals surface area contributed by atoms with Crippen molar-refractivity contribution in [3.05, 3.63) is 65.2 Å². The van der Waals surface area contributed by atoms with Crippen molar-refractivity contribution >= 4 is 35.2 Å². The summed E-state index contributed by atoms with van der Waals surface area (Å²) >= 11 is 1.45. The van der Waals surface area contributed by atoms with Crippen molar-refractivity contribution in [1.29, 1.82) is 0 Å². The molecule has 0 bridgehead atoms. The van der Waals surface area contributed by atoms with Crippen LogP contribution in [0.2, 0.25) is 0 Å². The first kappa shape index (κ1) is 22.5. The van der Waals surface area contributed by atoms with Crippen molar-refractivity contribution in [2.24, 2.45) is 0 Å². The first-order chi connectivity index (χ1) is 14.0. The fourth-order valence-electron chi connectivity index (χ4n) is 2.75. The highest BCUT2D eigenvalue weighted by Crippen LogP contribution is 2.16. The summed E-state index contributed by atoms with van der Waals surface area (Å²) in [6.45, 7) is 5.21. The quantitative estimate of drug-likeness (QED) is 0.631. The second kappa shape index (κ2) is 11.3. The lowest BCUT2D eigenvalue weighted by molar-refractivity contribution is -0.113. The SMILES string of the molecule is CCN(CC)C(=O)c1ccc(NC(=O)CSCc2cccc(C(=O)OC)c2)cc1. The molecule has 0 heterocycles. The first-order valence-electron chi connectivity index (χ1n) is 9.42. The van der Waals surface area contributed by atoms with Crippen LogP contribution >= 0.6 is 11.8 Å². The number of nitrogens with zero attached hydrogens (tertiary/aromatic N) is 1. The molecule has 29 heavy (non-hydrogen) atoms. The molecule has 2 aromatic rings. The maximum Gasteiger partial charge on any atom is 0.337 e. The van der Waals surface area contributed by atoms with E-state index < -0.39 is 0 Å². The third-order valence-electron chi connectivity index (χ3n) is 4.32. The van der Waals surface area contributed by atoms with Crippen LogP contribution in [-0.2, 0) is 15.3 Å². The van der Waals surface area contributed by atoms with Gasteiger partial charge < -0.3 is 15.0 Å². The standard InChI is InChI=1S/C22H26N2O4S/c1-4-24(5-2)21(26)17-9-11-19(12-10-17)23-20(25)15-29-14-16-7-6-8-18(13-16)22(27)28-3/h6-13H,4-5,14-15H2,1-3H3,(H,23,25). The van der Waals surface area contributed by atoms with Crippen LogP contribution in [0.5, 0.6) is 0 Å². The van der Waals surface area contributed by atoms with Crippen LogP contribution in [-0.4, -0.2) is 48.6 Å². The molecule has 0 aromatic heterocycles. The van der Waals surface area contributed by atoms with Crippen molar-refractivity contribution in [3.63, 3.8) is 0 Å². The van der Waals surface area contributed by atoms with E-state index in [-0.39, 0.29) is 23.5 Å². The Kier molecular flexibility index (Phi) is 8.73. The first-order valence-corrected chi connectivity index (χ1v) is 10.6. The van der Waals surface area contributed by atoms with Crippen LogP contribution < -0.4 is 5.32 Å². The highest BCUT2D eigenvalue weighted by atomic mass is 32.2. The number of nitrogens with one attached hydrogen (secondary N) is 1. The van der Waals surface area contributed by atoms with Gasteiger partial charge in [-0.3, -0.25) is 9.59 Å². The van der Waals surface area contributed by atoms with Gasteiger partial charge in [0, 0.05) is 30.1 Å². The molecule has 0 aliphatic heterocycles. The number of carbonyl (C=O) groups excluding carboxylic acids is 3. The van der Waals surface area contributed by atoms with Gasteiger partial charge in [0.15, 0.2) is 0 Å². The normalized spacial score (nSPS) is 10.3. The highest BCUT2D eigenvalue weighted by molar-refractivity contribution is 7.99. The number of hydrogen-bond donors (Lipinski definition) is 1. The number of carbonyl (C=O) groups is 3. The molecule has 0 aliphatic rings. The summed E-state index contributed by atoms with van der Waals surface area (Å²) < 4.78 is 4.72. The van der Waals surface area contributed by atoms with E-state index in [4.69, 9.17) is 4.74 Å². The molecular formula is C22H26N2O4S. The average Bonchev–Trinajstić information content (AvgIpc) is 2.74. The fourth-order valence-corrected chi connectivity index (χ4v) is 3.53. The summed E-state index contributed by atoms with van der Waals surface area (Å²) in [5.41, 5.74) is 2.70. The van der Waals surface area contributed by atoms with E-state index in [1.54, 1.807) is 47.4 Å². The van der Waals surface area contributed by atoms with Crippen molar-refractivity contribution < 1.29 is 19.1 Å². The van der Waals surface area contributed by atoms with Crippen molar-refractivity contribution in [3.8, 4) is 0 Å². The number of hydrogen-bond acceptors (Lipinski definition) is 5. The molecule has 2 aromatic carbocycles. The van der Waals surface area contributed by atoms with Gasteiger partial charge in [0.2, 0.25) is 5.91 Å². The van der Waals surface area contributed by atoms with Crippen LogP contribution in [0.15, 0.2) is 48.5 Å². The van der Waals surface area contributed by atoms with Gasteiger partial charge in [-0.2, -0.15) is 0 Å². The van der Waals surface area contributed by atoms with Gasteiger partial charge in [0.1, 0.15) is 0 Å². The van der Waals surface area contributed by atoms with Crippen LogP contribution in [0.25, 0.3) is 0 Å². The summed E-state index contributed by atoms with van der Waals surface area (Å²) in [5, 5.41) is 2.83. The van der Waals surface area contributed by atoms with E-state index in [1.165, 1.54) is 18.9 Å². The summed E-state index contributed by atoms with van der Waals surface area (Å²) in [6.07, 6.45) is 0. The molecular weight excluding hydrogens is 388 g/mol. The number of rotatable bonds is 9. The largest absolute Gasteiger partial charge is 0.465 e. The third kappa shape index (κ3) is 6.64. The molecule has 0 saturated heterocycles. The molecule has 154 valence electrons. The van der Waals surface area contributed by atoms with Crippen molar-refractivity contribution in [2.75, 3.05) is 31.3 Å². The zero-order valence-corrected chi connectivity index (χ0v) is 17.8. The van der Waals surface area contributed by atoms with Crippen LogP contribution in [0.3, 0.4) is 0 Å². The zero-order valence-electron chi connectivity index (χ0n) is 16.9. The number of amides is 2. The molecule has 0 unspecified atom stereocenters. The van der Waals surface area contributed by atoms with Gasteiger partial charge in [-0.1, -0.05) is 12.1 Å². The Morgan fingerprint density at radius 3 is 2.31 bits per heavy atom. The Morgan fingerprint density at radius 2 is 1.69 bits per heavy atom. The van der Waals surface area contributed by atoms with E-state index in [2.05, 4.69) is 5.32 Å². The van der Waals surface area contributed by atoms with Crippen molar-refractivity contribution in [2.45, 2.75) is 19.6 Å². The molecule has 0 atom stereocenters. The third-order valence-corrected chi connectivity index (χ3v) is 5.32. The maximum absolute atomic E-state index is 12.3. The number of anilines is 1. The molecule has 1 N–H and O–H groups in total. The number of ether oxygens (including phenoxy) is 1. The summed E-state index contributed by atoms with van der Waals surface area (Å²) in [5.74, 6) is 0.370. The van der Waals surface area contributed by atoms with Gasteiger partial charge in [0.25, 0.3) is 5.91 Å². The zero-order chi connectivity index (χ0) is 21.2. The second-order valence-electron chi connectivity index (χ2n) is 6.29. The molecule has 7 heteroatoms. The minimum atomic E-state index is -0.377. The second-order valence-corrected chi connectivity index (χ2v) is 7.27. The van der Waals surface area contributed by atoms with Crippen LogP contribution in [0, 0.1) is 0 Å². The molecule has 0 spiro atoms. The summed E-state index contributed by atoms with van der Waals surface area (Å²) in [7, 11) is 1.35. The van der Waals surface area contributed by atoms with E-state index in [0.717, 1.165) is 5.56 Å². The fraction of sp³-hybridized carbons (Fsp3) is 0.318. The van der Waals surface area contributed by atoms with E-state index in [1.807, 2.05) is 19.9 Å². The van der Waals surface area contributed by atoms with E-state index >= 15 is 0 Å². The number of methoxy groups -OCH3 is 1. The molecule has 0 aliphatic carbocycles. The lowest BCUT2D eigenvalue weighted by Gasteiger charge is -2.18. The molecule has 6 nitrogen and oxygen atoms in total. The minimum absolute atomic E-state index is 0.0161. The minimum Gasteiger partial charge on any atom is -0.465 e. The molecule has 0 fully saturated rings. The predicted molar refractivity (Wildman–Crippen MR) is 116 cm³/mol. The predicted octanol–water partition coefficient (Wildman–Crippen LogP) is 3.83. The average molecular weight is 415 g/mol. The smallest absolute Gasteiger partial charge is 0.337 e. The Bertz CT molecular complexity index is 848. The van der Waals surface area contributed by atoms with Crippen molar-refractivity contribution in [1.82, 2.24) is 4.90 Å². The Balaban J connectivity index is 1.84. The van der Waals surface area contributed by atoms with E-state index in [0.29, 0.717) is 35.7 Å². The van der Waals surface area contributed by atoms with Crippen LogP contribution in [0.1, 0.15) is 40.1 Å². The van der Waals surface area contributed by atoms with E-state index in [9.17, 15) is 14.4 Å². The lowest BCUT2D eigenvalue weighted by atomic mass is 10.1. The number of thioether (sulfide) groups is 1. The van der Waals surface area contributed by atoms with Gasteiger partial charge >= 0.3 is 5.97 Å². The topological polar surface area (TPSA) is 75.7 Å². The van der Waals surface area contributed by atoms with Gasteiger partial charge in [-0.15, -0.1) is 11.8 Å². The number of esters is 1. The molecule has 0 saturated carbocycles. The monoisotopic (exact) mass is 414 g/mol. The van der Waals surface area contributed by atoms with Crippen LogP contribution in [0.4, 0.5) is 5.69 Å². The summed E-state index contributed by atoms with van der Waals surface area (Å²) in [4.78, 5) is 37.8. The molecule has 0 radical (unpaired) electrons. The highest BCUT2D eigenvalue weighted by Gasteiger charge is 2.12. The Hall–Kier alpha value is -2.80.